The molecule has 0 spiro atoms. The van der Waals surface area contributed by atoms with E-state index in [0.717, 1.165) is 0 Å². The molecule has 0 fully saturated rings. The molecule has 1 aliphatic carbocycles. The van der Waals surface area contributed by atoms with E-state index in [2.05, 4.69) is 54.6 Å². The number of rotatable bonds is 0. The van der Waals surface area contributed by atoms with Crippen molar-refractivity contribution in [2.75, 3.05) is 0 Å². The molecule has 0 nitrogen and oxygen atoms in total. The third kappa shape index (κ3) is 0.849. The lowest BCUT2D eigenvalue weighted by Gasteiger charge is -2.00. The summed E-state index contributed by atoms with van der Waals surface area (Å²) in [7, 11) is 0. The fourth-order valence-electron chi connectivity index (χ4n) is 2.66. The van der Waals surface area contributed by atoms with Gasteiger partial charge in [-0.2, -0.15) is 0 Å². The Kier molecular flexibility index (Phi) is 1.39. The lowest BCUT2D eigenvalue weighted by atomic mass is 10.0. The summed E-state index contributed by atoms with van der Waals surface area (Å²) in [5, 5.41) is 2.70. The van der Waals surface area contributed by atoms with E-state index in [1.165, 1.54) is 33.0 Å². The van der Waals surface area contributed by atoms with Crippen LogP contribution >= 0.6 is 0 Å². The molecule has 0 N–H and O–H groups in total. The predicted molar refractivity (Wildman–Crippen MR) is 67.2 cm³/mol. The molecule has 0 heteroatoms. The lowest BCUT2D eigenvalue weighted by molar-refractivity contribution is 1.68. The van der Waals surface area contributed by atoms with Crippen molar-refractivity contribution in [2.24, 2.45) is 0 Å². The number of benzene rings is 3. The van der Waals surface area contributed by atoms with Gasteiger partial charge in [0.05, 0.1) is 0 Å². The molecule has 4 rings (SSSR count). The summed E-state index contributed by atoms with van der Waals surface area (Å²) in [5.74, 6) is 0. The molecule has 0 aliphatic heterocycles. The third-order valence-electron chi connectivity index (χ3n) is 3.32. The van der Waals surface area contributed by atoms with Gasteiger partial charge in [0.1, 0.15) is 0 Å². The number of hydrogen-bond acceptors (Lipinski definition) is 0. The Morgan fingerprint density at radius 3 is 2.31 bits per heavy atom. The van der Waals surface area contributed by atoms with E-state index in [9.17, 15) is 0 Å². The Bertz CT molecular complexity index is 650. The van der Waals surface area contributed by atoms with Crippen LogP contribution in [0.2, 0.25) is 0 Å². The Hall–Kier alpha value is -2.08. The topological polar surface area (TPSA) is 0 Å². The number of fused-ring (bicyclic) bond motifs is 3. The van der Waals surface area contributed by atoms with Crippen molar-refractivity contribution in [3.63, 3.8) is 0 Å². The van der Waals surface area contributed by atoms with Crippen LogP contribution in [0.1, 0.15) is 0 Å². The molecule has 0 atom stereocenters. The first-order chi connectivity index (χ1) is 7.95. The molecule has 3 aromatic rings. The fourth-order valence-corrected chi connectivity index (χ4v) is 2.66. The van der Waals surface area contributed by atoms with Gasteiger partial charge in [-0.05, 0) is 39.1 Å². The van der Waals surface area contributed by atoms with Gasteiger partial charge < -0.3 is 0 Å². The fraction of sp³-hybridized carbons (Fsp3) is 0. The molecule has 0 saturated carbocycles. The summed E-state index contributed by atoms with van der Waals surface area (Å²) in [6.07, 6.45) is 0. The highest BCUT2D eigenvalue weighted by Gasteiger charge is 2.19. The molecule has 3 aromatic carbocycles. The van der Waals surface area contributed by atoms with E-state index in [1.54, 1.807) is 0 Å². The second-order valence-electron chi connectivity index (χ2n) is 4.17. The van der Waals surface area contributed by atoms with Gasteiger partial charge in [0.2, 0.25) is 0 Å². The van der Waals surface area contributed by atoms with Crippen LogP contribution in [0, 0.1) is 6.07 Å². The molecule has 1 radical (unpaired) electrons. The van der Waals surface area contributed by atoms with E-state index in [0.29, 0.717) is 0 Å². The molecule has 0 aromatic heterocycles. The van der Waals surface area contributed by atoms with Gasteiger partial charge in [-0.25, -0.2) is 0 Å². The largest absolute Gasteiger partial charge is 0.0610 e. The van der Waals surface area contributed by atoms with Gasteiger partial charge in [-0.1, -0.05) is 54.6 Å². The maximum absolute atomic E-state index is 3.36. The lowest BCUT2D eigenvalue weighted by Crippen LogP contribution is -1.73. The van der Waals surface area contributed by atoms with Crippen LogP contribution in [0.4, 0.5) is 0 Å². The van der Waals surface area contributed by atoms with E-state index in [1.807, 2.05) is 6.07 Å². The Morgan fingerprint density at radius 1 is 0.688 bits per heavy atom. The van der Waals surface area contributed by atoms with Gasteiger partial charge >= 0.3 is 0 Å². The average molecular weight is 201 g/mol. The van der Waals surface area contributed by atoms with Crippen molar-refractivity contribution in [1.29, 1.82) is 0 Å². The summed E-state index contributed by atoms with van der Waals surface area (Å²) in [6, 6.07) is 22.6. The normalized spacial score (nSPS) is 11.8. The van der Waals surface area contributed by atoms with Crippen molar-refractivity contribution in [3.8, 4) is 22.3 Å². The molecular formula is C16H9. The van der Waals surface area contributed by atoms with Crippen LogP contribution in [0.3, 0.4) is 0 Å². The van der Waals surface area contributed by atoms with Gasteiger partial charge in [0.25, 0.3) is 0 Å². The minimum absolute atomic E-state index is 1.24. The zero-order chi connectivity index (χ0) is 10.5. The molecule has 0 heterocycles. The molecule has 0 saturated heterocycles. The van der Waals surface area contributed by atoms with Crippen molar-refractivity contribution in [2.45, 2.75) is 0 Å². The van der Waals surface area contributed by atoms with Gasteiger partial charge in [-0.3, -0.25) is 0 Å². The minimum atomic E-state index is 1.24. The molecule has 16 heavy (non-hydrogen) atoms. The Labute approximate surface area is 94.2 Å². The van der Waals surface area contributed by atoms with Crippen LogP contribution < -0.4 is 0 Å². The van der Waals surface area contributed by atoms with Crippen molar-refractivity contribution >= 4 is 10.8 Å². The highest BCUT2D eigenvalue weighted by Crippen LogP contribution is 2.46. The minimum Gasteiger partial charge on any atom is -0.0610 e. The van der Waals surface area contributed by atoms with E-state index < -0.39 is 0 Å². The van der Waals surface area contributed by atoms with Gasteiger partial charge in [0, 0.05) is 0 Å². The SMILES string of the molecule is [c]1cccc2c1-c1cccc3cccc-2c13. The summed E-state index contributed by atoms with van der Waals surface area (Å²) < 4.78 is 0. The summed E-state index contributed by atoms with van der Waals surface area (Å²) in [6.45, 7) is 0. The standard InChI is InChI=1S/C16H9/c1-2-8-13-12(7-1)14-9-3-5-11-6-4-10-15(13)16(11)14/h1-7,9-10H. The van der Waals surface area contributed by atoms with Crippen LogP contribution in [-0.2, 0) is 0 Å². The average Bonchev–Trinajstić information content (AvgIpc) is 2.68. The predicted octanol–water partition coefficient (Wildman–Crippen LogP) is 4.29. The quantitative estimate of drug-likeness (QED) is 0.398. The molecular weight excluding hydrogens is 192 g/mol. The monoisotopic (exact) mass is 201 g/mol. The van der Waals surface area contributed by atoms with Crippen molar-refractivity contribution < 1.29 is 0 Å². The second kappa shape index (κ2) is 2.73. The molecule has 1 aliphatic rings. The van der Waals surface area contributed by atoms with Gasteiger partial charge in [0.15, 0.2) is 0 Å². The Morgan fingerprint density at radius 2 is 1.44 bits per heavy atom. The zero-order valence-electron chi connectivity index (χ0n) is 8.70. The first kappa shape index (κ1) is 8.12. The summed E-state index contributed by atoms with van der Waals surface area (Å²) in [4.78, 5) is 0. The molecule has 0 amide bonds. The zero-order valence-corrected chi connectivity index (χ0v) is 8.70. The van der Waals surface area contributed by atoms with Crippen LogP contribution in [-0.4, -0.2) is 0 Å². The summed E-state index contributed by atoms with van der Waals surface area (Å²) in [5.41, 5.74) is 5.23. The maximum atomic E-state index is 3.36. The highest BCUT2D eigenvalue weighted by molar-refractivity contribution is 6.14. The van der Waals surface area contributed by atoms with Crippen molar-refractivity contribution in [3.05, 3.63) is 60.7 Å². The number of hydrogen-bond donors (Lipinski definition) is 0. The van der Waals surface area contributed by atoms with Crippen LogP contribution in [0.25, 0.3) is 33.0 Å². The second-order valence-corrected chi connectivity index (χ2v) is 4.17. The third-order valence-corrected chi connectivity index (χ3v) is 3.32. The van der Waals surface area contributed by atoms with E-state index >= 15 is 0 Å². The molecule has 73 valence electrons. The van der Waals surface area contributed by atoms with Crippen molar-refractivity contribution in [1.82, 2.24) is 0 Å². The smallest absolute Gasteiger partial charge is 0.00199 e. The highest BCUT2D eigenvalue weighted by atomic mass is 14.2. The van der Waals surface area contributed by atoms with E-state index in [4.69, 9.17) is 0 Å². The Balaban J connectivity index is 2.31. The first-order valence-electron chi connectivity index (χ1n) is 5.48. The van der Waals surface area contributed by atoms with Gasteiger partial charge in [-0.15, -0.1) is 0 Å². The van der Waals surface area contributed by atoms with E-state index in [-0.39, 0.29) is 0 Å². The molecule has 0 bridgehead atoms. The summed E-state index contributed by atoms with van der Waals surface area (Å²) >= 11 is 0. The van der Waals surface area contributed by atoms with Crippen LogP contribution in [0.5, 0.6) is 0 Å². The molecule has 0 unspecified atom stereocenters. The first-order valence-corrected chi connectivity index (χ1v) is 5.48. The van der Waals surface area contributed by atoms with Crippen LogP contribution in [0.15, 0.2) is 54.6 Å². The maximum Gasteiger partial charge on any atom is -0.00199 e.